The van der Waals surface area contributed by atoms with Crippen LogP contribution < -0.4 is 5.32 Å². The van der Waals surface area contributed by atoms with E-state index >= 15 is 0 Å². The molecule has 5 rings (SSSR count). The number of pyridine rings is 1. The van der Waals surface area contributed by atoms with Gasteiger partial charge in [0.05, 0.1) is 17.1 Å². The van der Waals surface area contributed by atoms with Gasteiger partial charge >= 0.3 is 0 Å². The number of anilines is 1. The highest BCUT2D eigenvalue weighted by Crippen LogP contribution is 2.24. The molecule has 1 amide bonds. The van der Waals surface area contributed by atoms with E-state index in [1.807, 2.05) is 47.1 Å². The molecular formula is C23H18FN7OS. The molecule has 0 bridgehead atoms. The van der Waals surface area contributed by atoms with Gasteiger partial charge in [-0.1, -0.05) is 6.07 Å². The van der Waals surface area contributed by atoms with Gasteiger partial charge in [-0.05, 0) is 71.9 Å². The molecule has 0 saturated carbocycles. The van der Waals surface area contributed by atoms with Gasteiger partial charge < -0.3 is 9.72 Å². The lowest BCUT2D eigenvalue weighted by Gasteiger charge is -2.09. The molecule has 0 aliphatic rings. The van der Waals surface area contributed by atoms with Gasteiger partial charge in [-0.25, -0.2) is 9.37 Å². The minimum atomic E-state index is -0.544. The summed E-state index contributed by atoms with van der Waals surface area (Å²) in [4.78, 5) is 18.3. The van der Waals surface area contributed by atoms with E-state index in [-0.39, 0.29) is 5.69 Å². The Bertz CT molecular complexity index is 1410. The number of hydrogen-bond donors (Lipinski definition) is 1. The Morgan fingerprint density at radius 3 is 2.73 bits per heavy atom. The van der Waals surface area contributed by atoms with Crippen molar-refractivity contribution in [3.8, 4) is 5.69 Å². The Morgan fingerprint density at radius 1 is 1.12 bits per heavy atom. The second kappa shape index (κ2) is 8.83. The highest BCUT2D eigenvalue weighted by atomic mass is 32.2. The number of thioether (sulfide) groups is 1. The van der Waals surface area contributed by atoms with Crippen molar-refractivity contribution in [2.45, 2.75) is 17.6 Å². The average molecular weight is 460 g/mol. The Hall–Kier alpha value is -4.05. The van der Waals surface area contributed by atoms with Crippen LogP contribution in [0.1, 0.15) is 21.9 Å². The van der Waals surface area contributed by atoms with Crippen molar-refractivity contribution >= 4 is 29.0 Å². The van der Waals surface area contributed by atoms with Gasteiger partial charge in [0.2, 0.25) is 0 Å². The number of halogens is 1. The van der Waals surface area contributed by atoms with Crippen LogP contribution in [0.25, 0.3) is 11.3 Å². The minimum absolute atomic E-state index is 0.0534. The summed E-state index contributed by atoms with van der Waals surface area (Å²) in [6.45, 7) is 1.73. The smallest absolute Gasteiger partial charge is 0.255 e. The number of rotatable bonds is 6. The third kappa shape index (κ3) is 4.46. The zero-order valence-corrected chi connectivity index (χ0v) is 18.3. The standard InChI is InChI=1S/C23H18FN7OS/c1-15-27-28-29-31(15)18-7-10-20(24)21(12-18)26-23(32)16-5-8-19(9-6-16)33-14-17-13-30-11-3-2-4-22(30)25-17/h2-13H,14H2,1H3,(H,26,32). The van der Waals surface area contributed by atoms with E-state index in [2.05, 4.69) is 25.8 Å². The third-order valence-electron chi connectivity index (χ3n) is 4.99. The van der Waals surface area contributed by atoms with Crippen LogP contribution in [0.2, 0.25) is 0 Å². The highest BCUT2D eigenvalue weighted by molar-refractivity contribution is 7.98. The van der Waals surface area contributed by atoms with Gasteiger partial charge in [0.1, 0.15) is 11.5 Å². The number of imidazole rings is 1. The molecule has 1 N–H and O–H groups in total. The van der Waals surface area contributed by atoms with Crippen LogP contribution in [-0.4, -0.2) is 35.5 Å². The van der Waals surface area contributed by atoms with Crippen molar-refractivity contribution in [1.29, 1.82) is 0 Å². The van der Waals surface area contributed by atoms with Gasteiger partial charge in [0.15, 0.2) is 5.82 Å². The number of carbonyl (C=O) groups excluding carboxylic acids is 1. The van der Waals surface area contributed by atoms with E-state index in [4.69, 9.17) is 0 Å². The van der Waals surface area contributed by atoms with Crippen LogP contribution in [0.5, 0.6) is 0 Å². The molecule has 0 atom stereocenters. The molecule has 0 aliphatic heterocycles. The largest absolute Gasteiger partial charge is 0.319 e. The first-order chi connectivity index (χ1) is 16.1. The molecule has 33 heavy (non-hydrogen) atoms. The van der Waals surface area contributed by atoms with Crippen LogP contribution in [0.3, 0.4) is 0 Å². The fraction of sp³-hybridized carbons (Fsp3) is 0.0870. The summed E-state index contributed by atoms with van der Waals surface area (Å²) in [5, 5.41) is 13.9. The quantitative estimate of drug-likeness (QED) is 0.381. The Labute approximate surface area is 192 Å². The Kier molecular flexibility index (Phi) is 5.57. The summed E-state index contributed by atoms with van der Waals surface area (Å²) in [5.41, 5.74) is 2.91. The zero-order chi connectivity index (χ0) is 22.8. The maximum atomic E-state index is 14.3. The van der Waals surface area contributed by atoms with Crippen molar-refractivity contribution in [2.24, 2.45) is 0 Å². The fourth-order valence-corrected chi connectivity index (χ4v) is 4.10. The molecule has 164 valence electrons. The van der Waals surface area contributed by atoms with Crippen LogP contribution in [0, 0.1) is 12.7 Å². The molecule has 0 aliphatic carbocycles. The summed E-state index contributed by atoms with van der Waals surface area (Å²) in [6.07, 6.45) is 3.97. The van der Waals surface area contributed by atoms with Crippen molar-refractivity contribution in [2.75, 3.05) is 5.32 Å². The predicted molar refractivity (Wildman–Crippen MR) is 123 cm³/mol. The van der Waals surface area contributed by atoms with Crippen LogP contribution in [0.4, 0.5) is 10.1 Å². The molecule has 3 aromatic heterocycles. The lowest BCUT2D eigenvalue weighted by molar-refractivity contribution is 0.102. The molecule has 3 heterocycles. The molecule has 8 nitrogen and oxygen atoms in total. The first kappa shape index (κ1) is 20.8. The second-order valence-corrected chi connectivity index (χ2v) is 8.32. The summed E-state index contributed by atoms with van der Waals surface area (Å²) in [6, 6.07) is 17.4. The maximum absolute atomic E-state index is 14.3. The zero-order valence-electron chi connectivity index (χ0n) is 17.5. The summed E-state index contributed by atoms with van der Waals surface area (Å²) < 4.78 is 17.8. The molecule has 0 fully saturated rings. The number of amides is 1. The van der Waals surface area contributed by atoms with Gasteiger partial charge in [-0.2, -0.15) is 4.68 Å². The van der Waals surface area contributed by atoms with Gasteiger partial charge in [-0.15, -0.1) is 16.9 Å². The van der Waals surface area contributed by atoms with Crippen LogP contribution in [-0.2, 0) is 5.75 Å². The van der Waals surface area contributed by atoms with E-state index in [1.54, 1.807) is 36.9 Å². The second-order valence-electron chi connectivity index (χ2n) is 7.27. The topological polar surface area (TPSA) is 90.0 Å². The van der Waals surface area contributed by atoms with Crippen molar-refractivity contribution in [3.05, 3.63) is 96.0 Å². The summed E-state index contributed by atoms with van der Waals surface area (Å²) >= 11 is 1.63. The molecule has 0 unspecified atom stereocenters. The lowest BCUT2D eigenvalue weighted by Crippen LogP contribution is -2.13. The highest BCUT2D eigenvalue weighted by Gasteiger charge is 2.13. The minimum Gasteiger partial charge on any atom is -0.319 e. The number of nitrogens with zero attached hydrogens (tertiary/aromatic N) is 6. The molecule has 5 aromatic rings. The van der Waals surface area contributed by atoms with Crippen molar-refractivity contribution in [1.82, 2.24) is 29.6 Å². The van der Waals surface area contributed by atoms with E-state index in [0.717, 1.165) is 16.2 Å². The number of aromatic nitrogens is 6. The Balaban J connectivity index is 1.25. The maximum Gasteiger partial charge on any atom is 0.255 e. The SMILES string of the molecule is Cc1nnnn1-c1ccc(F)c(NC(=O)c2ccc(SCc3cn4ccccc4n3)cc2)c1. The van der Waals surface area contributed by atoms with Crippen LogP contribution >= 0.6 is 11.8 Å². The van der Waals surface area contributed by atoms with Gasteiger partial charge in [0, 0.05) is 28.6 Å². The normalized spacial score (nSPS) is 11.1. The number of nitrogens with one attached hydrogen (secondary N) is 1. The van der Waals surface area contributed by atoms with E-state index < -0.39 is 11.7 Å². The average Bonchev–Trinajstić information content (AvgIpc) is 3.45. The summed E-state index contributed by atoms with van der Waals surface area (Å²) in [7, 11) is 0. The molecule has 0 radical (unpaired) electrons. The Morgan fingerprint density at radius 2 is 1.97 bits per heavy atom. The number of tetrazole rings is 1. The third-order valence-corrected chi connectivity index (χ3v) is 6.03. The van der Waals surface area contributed by atoms with Gasteiger partial charge in [-0.3, -0.25) is 4.79 Å². The predicted octanol–water partition coefficient (Wildman–Crippen LogP) is 4.30. The van der Waals surface area contributed by atoms with E-state index in [1.165, 1.54) is 16.8 Å². The number of benzene rings is 2. The number of carbonyl (C=O) groups is 1. The number of aryl methyl sites for hydroxylation is 1. The number of hydrogen-bond acceptors (Lipinski definition) is 6. The van der Waals surface area contributed by atoms with E-state index in [9.17, 15) is 9.18 Å². The monoisotopic (exact) mass is 459 g/mol. The lowest BCUT2D eigenvalue weighted by atomic mass is 10.2. The first-order valence-corrected chi connectivity index (χ1v) is 11.1. The molecule has 2 aromatic carbocycles. The summed E-state index contributed by atoms with van der Waals surface area (Å²) in [5.74, 6) is 0.311. The molecule has 0 saturated heterocycles. The number of fused-ring (bicyclic) bond motifs is 1. The molecule has 10 heteroatoms. The van der Waals surface area contributed by atoms with Crippen molar-refractivity contribution in [3.63, 3.8) is 0 Å². The fourth-order valence-electron chi connectivity index (χ4n) is 3.32. The van der Waals surface area contributed by atoms with Crippen molar-refractivity contribution < 1.29 is 9.18 Å². The van der Waals surface area contributed by atoms with Crippen LogP contribution in [0.15, 0.2) is 78.0 Å². The van der Waals surface area contributed by atoms with Gasteiger partial charge in [0.25, 0.3) is 5.91 Å². The first-order valence-electron chi connectivity index (χ1n) is 10.1. The van der Waals surface area contributed by atoms with E-state index in [0.29, 0.717) is 22.8 Å². The molecule has 0 spiro atoms. The molecular weight excluding hydrogens is 441 g/mol.